The Labute approximate surface area is 87.4 Å². The van der Waals surface area contributed by atoms with Gasteiger partial charge in [0, 0.05) is 18.2 Å². The molecule has 14 heavy (non-hydrogen) atoms. The SMILES string of the molecule is CCC1(NC2CCCOC2)CCCC1. The average molecular weight is 197 g/mol. The summed E-state index contributed by atoms with van der Waals surface area (Å²) >= 11 is 0. The highest BCUT2D eigenvalue weighted by atomic mass is 16.5. The van der Waals surface area contributed by atoms with Crippen LogP contribution in [-0.4, -0.2) is 24.8 Å². The summed E-state index contributed by atoms with van der Waals surface area (Å²) < 4.78 is 5.52. The van der Waals surface area contributed by atoms with E-state index in [2.05, 4.69) is 12.2 Å². The standard InChI is InChI=1S/C12H23NO/c1-2-12(7-3-4-8-12)13-11-6-5-9-14-10-11/h11,13H,2-10H2,1H3. The first-order chi connectivity index (χ1) is 6.85. The highest BCUT2D eigenvalue weighted by molar-refractivity contribution is 4.94. The van der Waals surface area contributed by atoms with Crippen molar-refractivity contribution < 1.29 is 4.74 Å². The molecule has 0 aromatic carbocycles. The average Bonchev–Trinajstić information content (AvgIpc) is 2.69. The lowest BCUT2D eigenvalue weighted by atomic mass is 9.92. The third kappa shape index (κ3) is 2.29. The maximum atomic E-state index is 5.52. The van der Waals surface area contributed by atoms with Gasteiger partial charge in [-0.05, 0) is 32.1 Å². The number of nitrogens with one attached hydrogen (secondary N) is 1. The van der Waals surface area contributed by atoms with Crippen molar-refractivity contribution in [2.24, 2.45) is 0 Å². The van der Waals surface area contributed by atoms with Gasteiger partial charge in [-0.2, -0.15) is 0 Å². The molecule has 1 aliphatic heterocycles. The molecule has 2 heteroatoms. The van der Waals surface area contributed by atoms with E-state index in [0.717, 1.165) is 13.2 Å². The number of rotatable bonds is 3. The Hall–Kier alpha value is -0.0800. The topological polar surface area (TPSA) is 21.3 Å². The molecule has 2 fully saturated rings. The van der Waals surface area contributed by atoms with Crippen molar-refractivity contribution in [3.8, 4) is 0 Å². The first-order valence-corrected chi connectivity index (χ1v) is 6.20. The Morgan fingerprint density at radius 2 is 2.07 bits per heavy atom. The second kappa shape index (κ2) is 4.63. The predicted molar refractivity (Wildman–Crippen MR) is 58.5 cm³/mol. The zero-order valence-corrected chi connectivity index (χ0v) is 9.35. The molecule has 0 aromatic heterocycles. The van der Waals surface area contributed by atoms with E-state index in [1.807, 2.05) is 0 Å². The Morgan fingerprint density at radius 3 is 2.64 bits per heavy atom. The summed E-state index contributed by atoms with van der Waals surface area (Å²) in [5, 5.41) is 3.86. The molecule has 2 aliphatic rings. The van der Waals surface area contributed by atoms with Crippen molar-refractivity contribution in [1.82, 2.24) is 5.32 Å². The van der Waals surface area contributed by atoms with Gasteiger partial charge < -0.3 is 10.1 Å². The number of ether oxygens (including phenoxy) is 1. The van der Waals surface area contributed by atoms with Crippen LogP contribution in [0.15, 0.2) is 0 Å². The molecule has 0 spiro atoms. The van der Waals surface area contributed by atoms with Crippen LogP contribution in [-0.2, 0) is 4.74 Å². The van der Waals surface area contributed by atoms with Crippen LogP contribution in [0.2, 0.25) is 0 Å². The quantitative estimate of drug-likeness (QED) is 0.750. The van der Waals surface area contributed by atoms with Crippen LogP contribution < -0.4 is 5.32 Å². The smallest absolute Gasteiger partial charge is 0.0619 e. The van der Waals surface area contributed by atoms with E-state index in [1.165, 1.54) is 44.9 Å². The first kappa shape index (κ1) is 10.4. The summed E-state index contributed by atoms with van der Waals surface area (Å²) in [6, 6.07) is 0.627. The van der Waals surface area contributed by atoms with Crippen LogP contribution in [0.4, 0.5) is 0 Å². The lowest BCUT2D eigenvalue weighted by Gasteiger charge is -2.35. The highest BCUT2D eigenvalue weighted by Crippen LogP contribution is 2.33. The second-order valence-corrected chi connectivity index (χ2v) is 4.90. The summed E-state index contributed by atoms with van der Waals surface area (Å²) in [6.45, 7) is 4.22. The molecule has 1 N–H and O–H groups in total. The fourth-order valence-electron chi connectivity index (χ4n) is 2.94. The van der Waals surface area contributed by atoms with Crippen molar-refractivity contribution >= 4 is 0 Å². The summed E-state index contributed by atoms with van der Waals surface area (Å²) in [7, 11) is 0. The molecule has 1 heterocycles. The highest BCUT2D eigenvalue weighted by Gasteiger charge is 2.34. The van der Waals surface area contributed by atoms with E-state index >= 15 is 0 Å². The van der Waals surface area contributed by atoms with Gasteiger partial charge in [-0.1, -0.05) is 19.8 Å². The van der Waals surface area contributed by atoms with E-state index in [-0.39, 0.29) is 0 Å². The molecular weight excluding hydrogens is 174 g/mol. The van der Waals surface area contributed by atoms with E-state index in [9.17, 15) is 0 Å². The predicted octanol–water partition coefficient (Wildman–Crippen LogP) is 2.48. The van der Waals surface area contributed by atoms with Gasteiger partial charge in [0.1, 0.15) is 0 Å². The summed E-state index contributed by atoms with van der Waals surface area (Å²) in [4.78, 5) is 0. The van der Waals surface area contributed by atoms with Gasteiger partial charge in [0.2, 0.25) is 0 Å². The van der Waals surface area contributed by atoms with Gasteiger partial charge in [-0.25, -0.2) is 0 Å². The second-order valence-electron chi connectivity index (χ2n) is 4.90. The third-order valence-electron chi connectivity index (χ3n) is 3.91. The van der Waals surface area contributed by atoms with Crippen LogP contribution in [0.1, 0.15) is 51.9 Å². The lowest BCUT2D eigenvalue weighted by Crippen LogP contribution is -2.50. The lowest BCUT2D eigenvalue weighted by molar-refractivity contribution is 0.0568. The maximum Gasteiger partial charge on any atom is 0.0619 e. The van der Waals surface area contributed by atoms with E-state index in [4.69, 9.17) is 4.74 Å². The number of hydrogen-bond acceptors (Lipinski definition) is 2. The Morgan fingerprint density at radius 1 is 1.29 bits per heavy atom. The molecule has 1 saturated carbocycles. The van der Waals surface area contributed by atoms with Gasteiger partial charge in [0.25, 0.3) is 0 Å². The minimum Gasteiger partial charge on any atom is -0.380 e. The Kier molecular flexibility index (Phi) is 3.45. The van der Waals surface area contributed by atoms with Crippen molar-refractivity contribution in [2.75, 3.05) is 13.2 Å². The molecule has 82 valence electrons. The zero-order valence-electron chi connectivity index (χ0n) is 9.35. The van der Waals surface area contributed by atoms with Gasteiger partial charge >= 0.3 is 0 Å². The minimum absolute atomic E-state index is 0.464. The molecule has 0 radical (unpaired) electrons. The molecule has 1 atom stereocenters. The van der Waals surface area contributed by atoms with E-state index in [1.54, 1.807) is 0 Å². The van der Waals surface area contributed by atoms with Crippen LogP contribution in [0.3, 0.4) is 0 Å². The molecule has 1 aliphatic carbocycles. The van der Waals surface area contributed by atoms with Gasteiger partial charge in [-0.3, -0.25) is 0 Å². The fraction of sp³-hybridized carbons (Fsp3) is 1.00. The van der Waals surface area contributed by atoms with Crippen LogP contribution in [0.25, 0.3) is 0 Å². The molecule has 0 amide bonds. The Balaban J connectivity index is 1.86. The molecule has 2 rings (SSSR count). The summed E-state index contributed by atoms with van der Waals surface area (Å²) in [6.07, 6.45) is 9.39. The van der Waals surface area contributed by atoms with Crippen LogP contribution >= 0.6 is 0 Å². The zero-order chi connectivity index (χ0) is 9.86. The van der Waals surface area contributed by atoms with Gasteiger partial charge in [-0.15, -0.1) is 0 Å². The normalized spacial score (nSPS) is 31.9. The molecule has 0 bridgehead atoms. The van der Waals surface area contributed by atoms with Crippen molar-refractivity contribution in [2.45, 2.75) is 63.5 Å². The van der Waals surface area contributed by atoms with Gasteiger partial charge in [0.15, 0.2) is 0 Å². The molecule has 2 nitrogen and oxygen atoms in total. The van der Waals surface area contributed by atoms with E-state index in [0.29, 0.717) is 11.6 Å². The number of hydrogen-bond donors (Lipinski definition) is 1. The van der Waals surface area contributed by atoms with Crippen molar-refractivity contribution in [3.63, 3.8) is 0 Å². The van der Waals surface area contributed by atoms with Crippen LogP contribution in [0.5, 0.6) is 0 Å². The monoisotopic (exact) mass is 197 g/mol. The molecule has 1 unspecified atom stereocenters. The summed E-state index contributed by atoms with van der Waals surface area (Å²) in [5.74, 6) is 0. The van der Waals surface area contributed by atoms with E-state index < -0.39 is 0 Å². The van der Waals surface area contributed by atoms with Crippen molar-refractivity contribution in [1.29, 1.82) is 0 Å². The largest absolute Gasteiger partial charge is 0.380 e. The van der Waals surface area contributed by atoms with Gasteiger partial charge in [0.05, 0.1) is 6.61 Å². The first-order valence-electron chi connectivity index (χ1n) is 6.20. The van der Waals surface area contributed by atoms with Crippen molar-refractivity contribution in [3.05, 3.63) is 0 Å². The molecule has 0 aromatic rings. The third-order valence-corrected chi connectivity index (χ3v) is 3.91. The Bertz CT molecular complexity index is 169. The minimum atomic E-state index is 0.464. The molecular formula is C12H23NO. The molecule has 1 saturated heterocycles. The summed E-state index contributed by atoms with van der Waals surface area (Å²) in [5.41, 5.74) is 0.464. The van der Waals surface area contributed by atoms with Crippen LogP contribution in [0, 0.1) is 0 Å². The maximum absolute atomic E-state index is 5.52. The fourth-order valence-corrected chi connectivity index (χ4v) is 2.94.